The summed E-state index contributed by atoms with van der Waals surface area (Å²) in [6.07, 6.45) is 2.66. The fraction of sp³-hybridized carbons (Fsp3) is 0.174. The molecule has 0 unspecified atom stereocenters. The van der Waals surface area contributed by atoms with Gasteiger partial charge in [-0.1, -0.05) is 18.2 Å². The second-order valence-electron chi connectivity index (χ2n) is 6.90. The summed E-state index contributed by atoms with van der Waals surface area (Å²) in [6, 6.07) is 18.5. The van der Waals surface area contributed by atoms with Crippen molar-refractivity contribution in [1.29, 1.82) is 0 Å². The Kier molecular flexibility index (Phi) is 5.61. The first-order chi connectivity index (χ1) is 14.6. The summed E-state index contributed by atoms with van der Waals surface area (Å²) in [7, 11) is 1.60. The Morgan fingerprint density at radius 2 is 1.90 bits per heavy atom. The summed E-state index contributed by atoms with van der Waals surface area (Å²) >= 11 is 0. The average molecular weight is 402 g/mol. The average Bonchev–Trinajstić information content (AvgIpc) is 3.18. The van der Waals surface area contributed by atoms with E-state index in [0.717, 1.165) is 27.8 Å². The van der Waals surface area contributed by atoms with Gasteiger partial charge in [0.15, 0.2) is 0 Å². The molecular formula is C23H22N4O3. The molecule has 0 saturated heterocycles. The lowest BCUT2D eigenvalue weighted by molar-refractivity contribution is -0.121. The van der Waals surface area contributed by atoms with Gasteiger partial charge in [-0.2, -0.15) is 5.10 Å². The Labute approximate surface area is 173 Å². The number of H-pyrrole nitrogens is 1. The summed E-state index contributed by atoms with van der Waals surface area (Å²) in [5.41, 5.74) is 3.35. The molecule has 0 fully saturated rings. The first-order valence-corrected chi connectivity index (χ1v) is 9.68. The molecule has 0 bridgehead atoms. The molecule has 30 heavy (non-hydrogen) atoms. The van der Waals surface area contributed by atoms with Crippen molar-refractivity contribution in [2.75, 3.05) is 13.7 Å². The van der Waals surface area contributed by atoms with Gasteiger partial charge >= 0.3 is 0 Å². The lowest BCUT2D eigenvalue weighted by atomic mass is 10.1. The highest BCUT2D eigenvalue weighted by Crippen LogP contribution is 2.19. The van der Waals surface area contributed by atoms with Crippen LogP contribution in [-0.2, 0) is 17.8 Å². The molecular weight excluding hydrogens is 380 g/mol. The molecule has 2 N–H and O–H groups in total. The van der Waals surface area contributed by atoms with Crippen LogP contribution in [0.4, 0.5) is 0 Å². The zero-order valence-corrected chi connectivity index (χ0v) is 16.6. The third kappa shape index (κ3) is 4.25. The smallest absolute Gasteiger partial charge is 0.267 e. The second-order valence-corrected chi connectivity index (χ2v) is 6.90. The number of methoxy groups -OCH3 is 1. The van der Waals surface area contributed by atoms with Crippen LogP contribution < -0.4 is 15.6 Å². The lowest BCUT2D eigenvalue weighted by Crippen LogP contribution is -2.34. The van der Waals surface area contributed by atoms with E-state index in [-0.39, 0.29) is 18.0 Å². The van der Waals surface area contributed by atoms with E-state index in [1.54, 1.807) is 13.2 Å². The van der Waals surface area contributed by atoms with Crippen molar-refractivity contribution in [3.8, 4) is 17.0 Å². The van der Waals surface area contributed by atoms with Gasteiger partial charge in [-0.3, -0.25) is 9.59 Å². The molecule has 0 spiro atoms. The van der Waals surface area contributed by atoms with Crippen molar-refractivity contribution in [3.05, 3.63) is 82.8 Å². The molecule has 4 rings (SSSR count). The predicted octanol–water partition coefficient (Wildman–Crippen LogP) is 2.76. The Morgan fingerprint density at radius 3 is 2.70 bits per heavy atom. The van der Waals surface area contributed by atoms with E-state index in [9.17, 15) is 9.59 Å². The van der Waals surface area contributed by atoms with Crippen molar-refractivity contribution in [1.82, 2.24) is 20.1 Å². The number of carbonyl (C=O) groups is 1. The summed E-state index contributed by atoms with van der Waals surface area (Å²) in [4.78, 5) is 27.7. The van der Waals surface area contributed by atoms with Gasteiger partial charge in [0.25, 0.3) is 5.56 Å². The highest BCUT2D eigenvalue weighted by Gasteiger charge is 2.09. The molecule has 0 aliphatic heterocycles. The number of aromatic nitrogens is 3. The number of rotatable bonds is 7. The van der Waals surface area contributed by atoms with E-state index in [2.05, 4.69) is 21.5 Å². The van der Waals surface area contributed by atoms with Crippen LogP contribution in [0.5, 0.6) is 5.75 Å². The molecule has 0 aliphatic rings. The zero-order chi connectivity index (χ0) is 20.9. The highest BCUT2D eigenvalue weighted by molar-refractivity contribution is 5.83. The highest BCUT2D eigenvalue weighted by atomic mass is 16.5. The summed E-state index contributed by atoms with van der Waals surface area (Å²) in [5.74, 6) is 0.484. The van der Waals surface area contributed by atoms with E-state index >= 15 is 0 Å². The third-order valence-electron chi connectivity index (χ3n) is 4.94. The van der Waals surface area contributed by atoms with Crippen LogP contribution in [0.15, 0.2) is 71.7 Å². The summed E-state index contributed by atoms with van der Waals surface area (Å²) in [5, 5.41) is 8.35. The van der Waals surface area contributed by atoms with Crippen molar-refractivity contribution in [3.63, 3.8) is 0 Å². The number of hydrogen-bond donors (Lipinski definition) is 2. The Hall–Kier alpha value is -3.87. The molecule has 4 aromatic rings. The van der Waals surface area contributed by atoms with Crippen LogP contribution in [0.3, 0.4) is 0 Å². The van der Waals surface area contributed by atoms with E-state index < -0.39 is 0 Å². The van der Waals surface area contributed by atoms with Gasteiger partial charge < -0.3 is 15.0 Å². The Morgan fingerprint density at radius 1 is 1.10 bits per heavy atom. The van der Waals surface area contributed by atoms with Crippen LogP contribution in [0.25, 0.3) is 22.2 Å². The third-order valence-corrected chi connectivity index (χ3v) is 4.94. The fourth-order valence-electron chi connectivity index (χ4n) is 3.34. The molecule has 7 heteroatoms. The van der Waals surface area contributed by atoms with Gasteiger partial charge in [-0.05, 0) is 48.4 Å². The SMILES string of the molecule is COc1ccc(-c2ccc(=O)n(CC(=O)NCCc3c[nH]c4ccccc34)n2)cc1. The molecule has 0 saturated carbocycles. The first kappa shape index (κ1) is 19.4. The molecule has 152 valence electrons. The normalized spacial score (nSPS) is 10.8. The van der Waals surface area contributed by atoms with E-state index in [1.165, 1.54) is 10.7 Å². The maximum atomic E-state index is 12.4. The monoisotopic (exact) mass is 402 g/mol. The van der Waals surface area contributed by atoms with E-state index in [0.29, 0.717) is 18.7 Å². The number of fused-ring (bicyclic) bond motifs is 1. The Balaban J connectivity index is 1.39. The van der Waals surface area contributed by atoms with Gasteiger partial charge in [0, 0.05) is 35.3 Å². The number of amides is 1. The lowest BCUT2D eigenvalue weighted by Gasteiger charge is -2.09. The molecule has 1 amide bonds. The fourth-order valence-corrected chi connectivity index (χ4v) is 3.34. The van der Waals surface area contributed by atoms with Crippen LogP contribution in [0, 0.1) is 0 Å². The number of nitrogens with one attached hydrogen (secondary N) is 2. The number of nitrogens with zero attached hydrogens (tertiary/aromatic N) is 2. The molecule has 7 nitrogen and oxygen atoms in total. The maximum Gasteiger partial charge on any atom is 0.267 e. The van der Waals surface area contributed by atoms with E-state index in [4.69, 9.17) is 4.74 Å². The van der Waals surface area contributed by atoms with Crippen molar-refractivity contribution in [2.45, 2.75) is 13.0 Å². The molecule has 0 atom stereocenters. The minimum absolute atomic E-state index is 0.128. The number of carbonyl (C=O) groups excluding carboxylic acids is 1. The standard InChI is InChI=1S/C23H22N4O3/c1-30-18-8-6-16(7-9-18)20-10-11-23(29)27(26-20)15-22(28)24-13-12-17-14-25-21-5-3-2-4-19(17)21/h2-11,14,25H,12-13,15H2,1H3,(H,24,28). The molecule has 2 aromatic heterocycles. The van der Waals surface area contributed by atoms with E-state index in [1.807, 2.05) is 48.7 Å². The van der Waals surface area contributed by atoms with Crippen LogP contribution in [0.1, 0.15) is 5.56 Å². The van der Waals surface area contributed by atoms with Crippen molar-refractivity contribution >= 4 is 16.8 Å². The van der Waals surface area contributed by atoms with Crippen molar-refractivity contribution < 1.29 is 9.53 Å². The number of ether oxygens (including phenoxy) is 1. The first-order valence-electron chi connectivity index (χ1n) is 9.68. The minimum Gasteiger partial charge on any atom is -0.497 e. The second kappa shape index (κ2) is 8.65. The minimum atomic E-state index is -0.320. The number of hydrogen-bond acceptors (Lipinski definition) is 4. The van der Waals surface area contributed by atoms with Crippen LogP contribution in [0.2, 0.25) is 0 Å². The van der Waals surface area contributed by atoms with Crippen LogP contribution in [-0.4, -0.2) is 34.3 Å². The summed E-state index contributed by atoms with van der Waals surface area (Å²) < 4.78 is 6.34. The van der Waals surface area contributed by atoms with Gasteiger partial charge in [0.05, 0.1) is 12.8 Å². The Bertz CT molecular complexity index is 1230. The quantitative estimate of drug-likeness (QED) is 0.497. The zero-order valence-electron chi connectivity index (χ0n) is 16.6. The van der Waals surface area contributed by atoms with Gasteiger partial charge in [-0.15, -0.1) is 0 Å². The topological polar surface area (TPSA) is 89.0 Å². The van der Waals surface area contributed by atoms with Gasteiger partial charge in [0.2, 0.25) is 5.91 Å². The summed E-state index contributed by atoms with van der Waals surface area (Å²) in [6.45, 7) is 0.352. The predicted molar refractivity (Wildman–Crippen MR) is 115 cm³/mol. The van der Waals surface area contributed by atoms with Crippen LogP contribution >= 0.6 is 0 Å². The van der Waals surface area contributed by atoms with Gasteiger partial charge in [-0.25, -0.2) is 4.68 Å². The largest absolute Gasteiger partial charge is 0.497 e. The molecule has 0 radical (unpaired) electrons. The number of benzene rings is 2. The van der Waals surface area contributed by atoms with Crippen molar-refractivity contribution in [2.24, 2.45) is 0 Å². The maximum absolute atomic E-state index is 12.4. The number of aromatic amines is 1. The number of para-hydroxylation sites is 1. The molecule has 2 aromatic carbocycles. The van der Waals surface area contributed by atoms with Gasteiger partial charge in [0.1, 0.15) is 12.3 Å². The molecule has 0 aliphatic carbocycles. The molecule has 2 heterocycles.